The van der Waals surface area contributed by atoms with Crippen LogP contribution in [0.3, 0.4) is 0 Å². The maximum absolute atomic E-state index is 10.7. The Hall–Kier alpha value is -1.92. The van der Waals surface area contributed by atoms with Crippen molar-refractivity contribution in [2.45, 2.75) is 25.4 Å². The highest BCUT2D eigenvalue weighted by Gasteiger charge is 2.36. The van der Waals surface area contributed by atoms with Gasteiger partial charge in [0.1, 0.15) is 23.7 Å². The average molecular weight is 302 g/mol. The Morgan fingerprint density at radius 3 is 3.14 bits per heavy atom. The average Bonchev–Trinajstić information content (AvgIpc) is 3.02. The van der Waals surface area contributed by atoms with E-state index < -0.39 is 5.60 Å². The molecular formula is C16H22N4O2. The van der Waals surface area contributed by atoms with Gasteiger partial charge in [0.25, 0.3) is 0 Å². The first-order valence-electron chi connectivity index (χ1n) is 7.66. The van der Waals surface area contributed by atoms with Gasteiger partial charge in [-0.05, 0) is 44.0 Å². The SMILES string of the molecule is Cc1cccc(OCCN2CCCC(O)(c3cn[nH]n3)C2)c1. The topological polar surface area (TPSA) is 74.3 Å². The van der Waals surface area contributed by atoms with Crippen LogP contribution in [0.1, 0.15) is 24.1 Å². The smallest absolute Gasteiger partial charge is 0.123 e. The summed E-state index contributed by atoms with van der Waals surface area (Å²) < 4.78 is 5.79. The molecule has 1 fully saturated rings. The number of hydrogen-bond acceptors (Lipinski definition) is 5. The highest BCUT2D eigenvalue weighted by atomic mass is 16.5. The normalized spacial score (nSPS) is 22.6. The number of nitrogens with zero attached hydrogens (tertiary/aromatic N) is 3. The van der Waals surface area contributed by atoms with E-state index in [0.717, 1.165) is 31.7 Å². The summed E-state index contributed by atoms with van der Waals surface area (Å²) in [5, 5.41) is 21.2. The van der Waals surface area contributed by atoms with Crippen molar-refractivity contribution in [1.82, 2.24) is 20.3 Å². The van der Waals surface area contributed by atoms with Crippen molar-refractivity contribution in [2.75, 3.05) is 26.2 Å². The standard InChI is InChI=1S/C16H22N4O2/c1-13-4-2-5-14(10-13)22-9-8-20-7-3-6-16(21,12-20)15-11-17-19-18-15/h2,4-5,10-11,21H,3,6-9,12H2,1H3,(H,17,18,19). The number of ether oxygens (including phenoxy) is 1. The zero-order valence-corrected chi connectivity index (χ0v) is 12.8. The van der Waals surface area contributed by atoms with Gasteiger partial charge in [0.05, 0.1) is 6.20 Å². The molecule has 1 aliphatic rings. The molecule has 2 aromatic rings. The first-order chi connectivity index (χ1) is 10.7. The van der Waals surface area contributed by atoms with Gasteiger partial charge in [0.2, 0.25) is 0 Å². The predicted octanol–water partition coefficient (Wildman–Crippen LogP) is 1.48. The second kappa shape index (κ2) is 6.46. The lowest BCUT2D eigenvalue weighted by Crippen LogP contribution is -2.47. The van der Waals surface area contributed by atoms with E-state index in [9.17, 15) is 5.11 Å². The van der Waals surface area contributed by atoms with E-state index in [4.69, 9.17) is 4.74 Å². The summed E-state index contributed by atoms with van der Waals surface area (Å²) in [5.74, 6) is 0.892. The minimum absolute atomic E-state index is 0.566. The zero-order valence-electron chi connectivity index (χ0n) is 12.8. The van der Waals surface area contributed by atoms with Crippen LogP contribution in [0.25, 0.3) is 0 Å². The number of likely N-dealkylation sites (tertiary alicyclic amines) is 1. The van der Waals surface area contributed by atoms with E-state index in [0.29, 0.717) is 18.8 Å². The summed E-state index contributed by atoms with van der Waals surface area (Å²) >= 11 is 0. The predicted molar refractivity (Wildman–Crippen MR) is 82.6 cm³/mol. The molecule has 1 aliphatic heterocycles. The molecule has 0 amide bonds. The molecule has 6 nitrogen and oxygen atoms in total. The minimum atomic E-state index is -0.908. The molecule has 0 bridgehead atoms. The van der Waals surface area contributed by atoms with E-state index >= 15 is 0 Å². The largest absolute Gasteiger partial charge is 0.492 e. The molecular weight excluding hydrogens is 280 g/mol. The third kappa shape index (κ3) is 3.45. The van der Waals surface area contributed by atoms with Crippen LogP contribution in [-0.4, -0.2) is 51.7 Å². The molecule has 3 rings (SSSR count). The molecule has 1 aromatic carbocycles. The molecule has 2 N–H and O–H groups in total. The van der Waals surface area contributed by atoms with Gasteiger partial charge in [-0.1, -0.05) is 12.1 Å². The van der Waals surface area contributed by atoms with Gasteiger partial charge >= 0.3 is 0 Å². The molecule has 118 valence electrons. The van der Waals surface area contributed by atoms with E-state index in [2.05, 4.69) is 33.3 Å². The molecule has 1 unspecified atom stereocenters. The fourth-order valence-electron chi connectivity index (χ4n) is 2.95. The van der Waals surface area contributed by atoms with Crippen LogP contribution in [0.2, 0.25) is 0 Å². The molecule has 6 heteroatoms. The quantitative estimate of drug-likeness (QED) is 0.875. The number of benzene rings is 1. The van der Waals surface area contributed by atoms with Crippen molar-refractivity contribution in [3.05, 3.63) is 41.7 Å². The van der Waals surface area contributed by atoms with Crippen molar-refractivity contribution in [3.63, 3.8) is 0 Å². The van der Waals surface area contributed by atoms with E-state index in [1.54, 1.807) is 6.20 Å². The summed E-state index contributed by atoms with van der Waals surface area (Å²) in [7, 11) is 0. The van der Waals surface area contributed by atoms with Gasteiger partial charge in [-0.25, -0.2) is 0 Å². The van der Waals surface area contributed by atoms with Crippen molar-refractivity contribution in [3.8, 4) is 5.75 Å². The van der Waals surface area contributed by atoms with Gasteiger partial charge in [0.15, 0.2) is 0 Å². The molecule has 1 saturated heterocycles. The zero-order chi connectivity index (χ0) is 15.4. The number of nitrogens with one attached hydrogen (secondary N) is 1. The monoisotopic (exact) mass is 302 g/mol. The maximum Gasteiger partial charge on any atom is 0.123 e. The summed E-state index contributed by atoms with van der Waals surface area (Å²) in [4.78, 5) is 2.22. The Morgan fingerprint density at radius 1 is 1.45 bits per heavy atom. The Bertz CT molecular complexity index is 602. The number of hydrogen-bond donors (Lipinski definition) is 2. The summed E-state index contributed by atoms with van der Waals surface area (Å²) in [6.45, 7) is 4.98. The fraction of sp³-hybridized carbons (Fsp3) is 0.500. The van der Waals surface area contributed by atoms with Crippen molar-refractivity contribution in [1.29, 1.82) is 0 Å². The second-order valence-electron chi connectivity index (χ2n) is 5.93. The number of aliphatic hydroxyl groups is 1. The number of piperidine rings is 1. The van der Waals surface area contributed by atoms with E-state index in [-0.39, 0.29) is 0 Å². The lowest BCUT2D eigenvalue weighted by Gasteiger charge is -2.37. The number of H-pyrrole nitrogens is 1. The molecule has 2 heterocycles. The molecule has 0 saturated carbocycles. The van der Waals surface area contributed by atoms with Gasteiger partial charge in [-0.3, -0.25) is 4.90 Å². The molecule has 0 radical (unpaired) electrons. The number of aryl methyl sites for hydroxylation is 1. The number of aromatic amines is 1. The van der Waals surface area contributed by atoms with Crippen molar-refractivity contribution < 1.29 is 9.84 Å². The van der Waals surface area contributed by atoms with Crippen molar-refractivity contribution in [2.24, 2.45) is 0 Å². The van der Waals surface area contributed by atoms with Crippen LogP contribution in [0.4, 0.5) is 0 Å². The first-order valence-corrected chi connectivity index (χ1v) is 7.66. The van der Waals surface area contributed by atoms with Gasteiger partial charge in [-0.2, -0.15) is 15.4 Å². The molecule has 1 aromatic heterocycles. The minimum Gasteiger partial charge on any atom is -0.492 e. The Balaban J connectivity index is 1.53. The molecule has 22 heavy (non-hydrogen) atoms. The molecule has 0 aliphatic carbocycles. The molecule has 0 spiro atoms. The second-order valence-corrected chi connectivity index (χ2v) is 5.93. The van der Waals surface area contributed by atoms with Crippen LogP contribution >= 0.6 is 0 Å². The highest BCUT2D eigenvalue weighted by molar-refractivity contribution is 5.27. The van der Waals surface area contributed by atoms with Crippen LogP contribution in [0.5, 0.6) is 5.75 Å². The van der Waals surface area contributed by atoms with Crippen LogP contribution < -0.4 is 4.74 Å². The fourth-order valence-corrected chi connectivity index (χ4v) is 2.95. The van der Waals surface area contributed by atoms with Crippen LogP contribution in [0, 0.1) is 6.92 Å². The number of aromatic nitrogens is 3. The maximum atomic E-state index is 10.7. The summed E-state index contributed by atoms with van der Waals surface area (Å²) in [5.41, 5.74) is 0.905. The number of β-amino-alcohol motifs (C(OH)–C–C–N with tert-alkyl or cyclic N) is 1. The molecule has 1 atom stereocenters. The van der Waals surface area contributed by atoms with Crippen LogP contribution in [0.15, 0.2) is 30.5 Å². The third-order valence-electron chi connectivity index (χ3n) is 4.11. The lowest BCUT2D eigenvalue weighted by atomic mass is 9.90. The first kappa shape index (κ1) is 15.0. The van der Waals surface area contributed by atoms with Crippen LogP contribution in [-0.2, 0) is 5.60 Å². The lowest BCUT2D eigenvalue weighted by molar-refractivity contribution is -0.0412. The Kier molecular flexibility index (Phi) is 4.40. The van der Waals surface area contributed by atoms with Gasteiger partial charge < -0.3 is 9.84 Å². The summed E-state index contributed by atoms with van der Waals surface area (Å²) in [6, 6.07) is 8.04. The third-order valence-corrected chi connectivity index (χ3v) is 4.11. The van der Waals surface area contributed by atoms with E-state index in [1.165, 1.54) is 5.56 Å². The Labute approximate surface area is 130 Å². The van der Waals surface area contributed by atoms with Gasteiger partial charge in [-0.15, -0.1) is 0 Å². The number of rotatable bonds is 5. The highest BCUT2D eigenvalue weighted by Crippen LogP contribution is 2.29. The van der Waals surface area contributed by atoms with E-state index in [1.807, 2.05) is 18.2 Å². The summed E-state index contributed by atoms with van der Waals surface area (Å²) in [6.07, 6.45) is 3.26. The Morgan fingerprint density at radius 2 is 2.36 bits per heavy atom. The van der Waals surface area contributed by atoms with Crippen molar-refractivity contribution >= 4 is 0 Å². The van der Waals surface area contributed by atoms with Gasteiger partial charge in [0, 0.05) is 13.1 Å².